The van der Waals surface area contributed by atoms with Crippen molar-refractivity contribution in [2.45, 2.75) is 20.4 Å². The number of nitrogens with zero attached hydrogens (tertiary/aromatic N) is 1. The van der Waals surface area contributed by atoms with E-state index in [0.717, 1.165) is 11.3 Å². The molecule has 20 heavy (non-hydrogen) atoms. The first-order chi connectivity index (χ1) is 9.63. The van der Waals surface area contributed by atoms with Gasteiger partial charge >= 0.3 is 0 Å². The number of carbonyl (C=O) groups is 1. The lowest BCUT2D eigenvalue weighted by atomic mass is 10.1. The normalized spacial score (nSPS) is 10.3. The number of hydrogen-bond donors (Lipinski definition) is 3. The van der Waals surface area contributed by atoms with Crippen molar-refractivity contribution >= 4 is 11.6 Å². The van der Waals surface area contributed by atoms with Crippen LogP contribution in [-0.2, 0) is 6.54 Å². The molecule has 2 aromatic rings. The molecule has 0 unspecified atom stereocenters. The second kappa shape index (κ2) is 6.18. The predicted molar refractivity (Wildman–Crippen MR) is 75.1 cm³/mol. The number of amides is 1. The molecule has 1 aromatic heterocycles. The molecule has 1 aromatic carbocycles. The highest BCUT2D eigenvalue weighted by Gasteiger charge is 2.14. The Morgan fingerprint density at radius 2 is 2.25 bits per heavy atom. The highest BCUT2D eigenvalue weighted by molar-refractivity contribution is 5.99. The summed E-state index contributed by atoms with van der Waals surface area (Å²) in [6.07, 6.45) is 1.66. The molecule has 0 aliphatic heterocycles. The average Bonchev–Trinajstić information content (AvgIpc) is 2.84. The highest BCUT2D eigenvalue weighted by atomic mass is 19.1. The molecule has 0 saturated heterocycles. The van der Waals surface area contributed by atoms with Crippen LogP contribution in [0.15, 0.2) is 24.4 Å². The summed E-state index contributed by atoms with van der Waals surface area (Å²) in [7, 11) is 0. The molecule has 0 atom stereocenters. The van der Waals surface area contributed by atoms with E-state index >= 15 is 0 Å². The van der Waals surface area contributed by atoms with Gasteiger partial charge < -0.3 is 10.6 Å². The zero-order valence-electron chi connectivity index (χ0n) is 11.5. The van der Waals surface area contributed by atoms with Gasteiger partial charge in [-0.3, -0.25) is 9.89 Å². The second-order valence-corrected chi connectivity index (χ2v) is 4.40. The van der Waals surface area contributed by atoms with Crippen molar-refractivity contribution in [2.75, 3.05) is 11.9 Å². The molecule has 0 aliphatic carbocycles. The molecule has 1 heterocycles. The number of carbonyl (C=O) groups excluding carboxylic acids is 1. The lowest BCUT2D eigenvalue weighted by molar-refractivity contribution is 0.0951. The van der Waals surface area contributed by atoms with E-state index in [0.29, 0.717) is 18.7 Å². The van der Waals surface area contributed by atoms with Crippen LogP contribution in [-0.4, -0.2) is 22.6 Å². The van der Waals surface area contributed by atoms with E-state index < -0.39 is 5.82 Å². The lowest BCUT2D eigenvalue weighted by Crippen LogP contribution is -2.24. The molecule has 2 rings (SSSR count). The van der Waals surface area contributed by atoms with Crippen LogP contribution in [0.25, 0.3) is 0 Å². The number of rotatable bonds is 5. The van der Waals surface area contributed by atoms with Gasteiger partial charge in [0.1, 0.15) is 5.82 Å². The number of aromatic nitrogens is 2. The first-order valence-corrected chi connectivity index (χ1v) is 6.43. The topological polar surface area (TPSA) is 69.8 Å². The largest absolute Gasteiger partial charge is 0.382 e. The number of hydrogen-bond acceptors (Lipinski definition) is 3. The number of para-hydroxylation sites is 1. The fourth-order valence-corrected chi connectivity index (χ4v) is 1.89. The minimum atomic E-state index is -0.431. The second-order valence-electron chi connectivity index (χ2n) is 4.40. The number of H-pyrrole nitrogens is 1. The van der Waals surface area contributed by atoms with Gasteiger partial charge in [-0.05, 0) is 26.0 Å². The minimum absolute atomic E-state index is 0.233. The number of aromatic amines is 1. The van der Waals surface area contributed by atoms with Gasteiger partial charge in [-0.15, -0.1) is 0 Å². The molecule has 0 radical (unpaired) electrons. The zero-order chi connectivity index (χ0) is 14.5. The number of halogens is 1. The Hall–Kier alpha value is -2.37. The van der Waals surface area contributed by atoms with Crippen LogP contribution in [0.4, 0.5) is 10.1 Å². The van der Waals surface area contributed by atoms with Crippen molar-refractivity contribution in [1.82, 2.24) is 15.5 Å². The molecular weight excluding hydrogens is 259 g/mol. The fraction of sp³-hybridized carbons (Fsp3) is 0.286. The molecule has 3 N–H and O–H groups in total. The van der Waals surface area contributed by atoms with Crippen LogP contribution >= 0.6 is 0 Å². The quantitative estimate of drug-likeness (QED) is 0.784. The summed E-state index contributed by atoms with van der Waals surface area (Å²) in [5.41, 5.74) is 2.33. The summed E-state index contributed by atoms with van der Waals surface area (Å²) >= 11 is 0. The van der Waals surface area contributed by atoms with Gasteiger partial charge in [-0.1, -0.05) is 6.07 Å². The van der Waals surface area contributed by atoms with Crippen LogP contribution in [0, 0.1) is 12.7 Å². The molecule has 0 aliphatic rings. The molecule has 5 nitrogen and oxygen atoms in total. The smallest absolute Gasteiger partial charge is 0.253 e. The summed E-state index contributed by atoms with van der Waals surface area (Å²) in [4.78, 5) is 12.2. The number of anilines is 1. The molecular formula is C14H17FN4O. The van der Waals surface area contributed by atoms with Crippen molar-refractivity contribution in [1.29, 1.82) is 0 Å². The van der Waals surface area contributed by atoms with Crippen LogP contribution in [0.1, 0.15) is 28.5 Å². The highest BCUT2D eigenvalue weighted by Crippen LogP contribution is 2.19. The molecule has 0 bridgehead atoms. The molecule has 106 valence electrons. The van der Waals surface area contributed by atoms with Gasteiger partial charge in [0.15, 0.2) is 0 Å². The summed E-state index contributed by atoms with van der Waals surface area (Å²) in [5.74, 6) is -0.750. The number of aryl methyl sites for hydroxylation is 1. The van der Waals surface area contributed by atoms with E-state index in [9.17, 15) is 9.18 Å². The van der Waals surface area contributed by atoms with E-state index in [1.54, 1.807) is 12.3 Å². The first-order valence-electron chi connectivity index (χ1n) is 6.43. The van der Waals surface area contributed by atoms with E-state index in [1.165, 1.54) is 12.1 Å². The third-order valence-electron chi connectivity index (χ3n) is 2.99. The summed E-state index contributed by atoms with van der Waals surface area (Å²) < 4.78 is 13.7. The third-order valence-corrected chi connectivity index (χ3v) is 2.99. The van der Waals surface area contributed by atoms with Crippen molar-refractivity contribution < 1.29 is 9.18 Å². The summed E-state index contributed by atoms with van der Waals surface area (Å²) in [6.45, 7) is 4.62. The minimum Gasteiger partial charge on any atom is -0.382 e. The van der Waals surface area contributed by atoms with Crippen molar-refractivity contribution in [3.8, 4) is 0 Å². The molecule has 0 saturated carbocycles. The Bertz CT molecular complexity index is 609. The summed E-state index contributed by atoms with van der Waals surface area (Å²) in [5, 5.41) is 12.3. The Labute approximate surface area is 116 Å². The van der Waals surface area contributed by atoms with Crippen LogP contribution in [0.2, 0.25) is 0 Å². The molecule has 0 fully saturated rings. The van der Waals surface area contributed by atoms with Gasteiger partial charge in [0.05, 0.1) is 17.4 Å². The maximum absolute atomic E-state index is 13.7. The van der Waals surface area contributed by atoms with Crippen molar-refractivity contribution in [3.63, 3.8) is 0 Å². The lowest BCUT2D eigenvalue weighted by Gasteiger charge is -2.11. The van der Waals surface area contributed by atoms with Gasteiger partial charge in [0.2, 0.25) is 0 Å². The maximum atomic E-state index is 13.7. The number of benzene rings is 1. The van der Waals surface area contributed by atoms with Gasteiger partial charge in [0.25, 0.3) is 5.91 Å². The van der Waals surface area contributed by atoms with E-state index in [1.807, 2.05) is 13.8 Å². The van der Waals surface area contributed by atoms with E-state index in [2.05, 4.69) is 20.8 Å². The van der Waals surface area contributed by atoms with Gasteiger partial charge in [-0.25, -0.2) is 4.39 Å². The van der Waals surface area contributed by atoms with Gasteiger partial charge in [0, 0.05) is 24.3 Å². The average molecular weight is 276 g/mol. The Kier molecular flexibility index (Phi) is 4.34. The van der Waals surface area contributed by atoms with Crippen molar-refractivity contribution in [3.05, 3.63) is 47.0 Å². The van der Waals surface area contributed by atoms with Gasteiger partial charge in [-0.2, -0.15) is 5.10 Å². The van der Waals surface area contributed by atoms with Crippen LogP contribution in [0.5, 0.6) is 0 Å². The maximum Gasteiger partial charge on any atom is 0.253 e. The molecule has 6 heteroatoms. The Morgan fingerprint density at radius 3 is 2.90 bits per heavy atom. The third kappa shape index (κ3) is 2.96. The van der Waals surface area contributed by atoms with Crippen LogP contribution < -0.4 is 10.6 Å². The standard InChI is InChI=1S/C14H17FN4O/c1-3-16-13-11(5-4-6-12(13)15)14(20)17-7-10-8-18-19-9(10)2/h4-6,8,16H,3,7H2,1-2H3,(H,17,20)(H,18,19). The summed E-state index contributed by atoms with van der Waals surface area (Å²) in [6, 6.07) is 4.45. The Balaban J connectivity index is 2.13. The predicted octanol–water partition coefficient (Wildman–Crippen LogP) is 2.22. The van der Waals surface area contributed by atoms with Crippen molar-refractivity contribution in [2.24, 2.45) is 0 Å². The first kappa shape index (κ1) is 14.0. The number of nitrogens with one attached hydrogen (secondary N) is 3. The molecule has 0 spiro atoms. The van der Waals surface area contributed by atoms with E-state index in [4.69, 9.17) is 0 Å². The Morgan fingerprint density at radius 1 is 1.45 bits per heavy atom. The fourth-order valence-electron chi connectivity index (χ4n) is 1.89. The van der Waals surface area contributed by atoms with E-state index in [-0.39, 0.29) is 11.6 Å². The van der Waals surface area contributed by atoms with Crippen LogP contribution in [0.3, 0.4) is 0 Å². The monoisotopic (exact) mass is 276 g/mol. The molecule has 1 amide bonds. The SMILES string of the molecule is CCNc1c(F)cccc1C(=O)NCc1cn[nH]c1C. The zero-order valence-corrected chi connectivity index (χ0v) is 11.5.